The summed E-state index contributed by atoms with van der Waals surface area (Å²) in [5, 5.41) is 1.69. The molecule has 1 aliphatic rings. The summed E-state index contributed by atoms with van der Waals surface area (Å²) in [7, 11) is 0.635. The molecule has 19 heavy (non-hydrogen) atoms. The highest BCUT2D eigenvalue weighted by atomic mass is 35.5. The molecule has 0 spiro atoms. The van der Waals surface area contributed by atoms with Gasteiger partial charge in [-0.05, 0) is 33.0 Å². The van der Waals surface area contributed by atoms with Gasteiger partial charge in [-0.2, -0.15) is 4.31 Å². The minimum Gasteiger partial charge on any atom is -0.305 e. The van der Waals surface area contributed by atoms with Crippen LogP contribution in [0, 0.1) is 0 Å². The summed E-state index contributed by atoms with van der Waals surface area (Å²) in [6.45, 7) is 1.18. The first kappa shape index (κ1) is 15.3. The van der Waals surface area contributed by atoms with Gasteiger partial charge in [0.1, 0.15) is 0 Å². The average molecular weight is 323 g/mol. The van der Waals surface area contributed by atoms with E-state index in [1.807, 2.05) is 14.1 Å². The third kappa shape index (κ3) is 3.31. The predicted molar refractivity (Wildman–Crippen MR) is 79.3 cm³/mol. The van der Waals surface area contributed by atoms with Gasteiger partial charge in [0.2, 0.25) is 10.0 Å². The van der Waals surface area contributed by atoms with Crippen LogP contribution in [0.5, 0.6) is 0 Å². The molecule has 1 aromatic rings. The van der Waals surface area contributed by atoms with Crippen LogP contribution in [0.3, 0.4) is 0 Å². The van der Waals surface area contributed by atoms with Crippen LogP contribution in [0.1, 0.15) is 17.7 Å². The van der Waals surface area contributed by atoms with Crippen molar-refractivity contribution in [3.05, 3.63) is 16.3 Å². The van der Waals surface area contributed by atoms with Gasteiger partial charge in [0.05, 0.1) is 10.8 Å². The highest BCUT2D eigenvalue weighted by Gasteiger charge is 2.31. The zero-order valence-electron chi connectivity index (χ0n) is 11.2. The van der Waals surface area contributed by atoms with Gasteiger partial charge in [0.25, 0.3) is 0 Å². The van der Waals surface area contributed by atoms with Crippen molar-refractivity contribution in [1.82, 2.24) is 9.21 Å². The normalized spacial score (nSPS) is 22.0. The van der Waals surface area contributed by atoms with Crippen molar-refractivity contribution in [2.75, 3.05) is 27.2 Å². The van der Waals surface area contributed by atoms with E-state index in [-0.39, 0.29) is 0 Å². The summed E-state index contributed by atoms with van der Waals surface area (Å²) in [5.74, 6) is 0.362. The van der Waals surface area contributed by atoms with Crippen LogP contribution < -0.4 is 0 Å². The van der Waals surface area contributed by atoms with E-state index in [0.717, 1.165) is 17.7 Å². The van der Waals surface area contributed by atoms with Crippen LogP contribution >= 0.6 is 22.9 Å². The van der Waals surface area contributed by atoms with Gasteiger partial charge >= 0.3 is 0 Å². The number of sulfonamides is 1. The number of thiophene rings is 1. The Hall–Kier alpha value is -0.140. The molecule has 0 aliphatic carbocycles. The maximum absolute atomic E-state index is 12.6. The molecule has 1 aromatic heterocycles. The molecule has 1 atom stereocenters. The first-order chi connectivity index (χ1) is 8.95. The quantitative estimate of drug-likeness (QED) is 0.798. The smallest absolute Gasteiger partial charge is 0.243 e. The minimum atomic E-state index is -3.36. The molecule has 108 valence electrons. The fraction of sp³-hybridized carbons (Fsp3) is 0.667. The van der Waals surface area contributed by atoms with Gasteiger partial charge in [-0.15, -0.1) is 22.9 Å². The molecule has 0 amide bonds. The fourth-order valence-corrected chi connectivity index (χ4v) is 5.17. The molecule has 0 N–H and O–H groups in total. The average Bonchev–Trinajstić information content (AvgIpc) is 2.88. The van der Waals surface area contributed by atoms with Gasteiger partial charge in [-0.25, -0.2) is 8.42 Å². The van der Waals surface area contributed by atoms with Crippen LogP contribution in [-0.2, 0) is 15.9 Å². The molecule has 1 fully saturated rings. The molecule has 0 aromatic carbocycles. The van der Waals surface area contributed by atoms with Gasteiger partial charge in [0.15, 0.2) is 0 Å². The summed E-state index contributed by atoms with van der Waals surface area (Å²) in [5.41, 5.74) is 0. The monoisotopic (exact) mass is 322 g/mol. The zero-order valence-corrected chi connectivity index (χ0v) is 13.6. The molecule has 4 nitrogen and oxygen atoms in total. The Bertz CT molecular complexity index is 528. The summed E-state index contributed by atoms with van der Waals surface area (Å²) in [6.07, 6.45) is 1.96. The van der Waals surface area contributed by atoms with Gasteiger partial charge in [-0.3, -0.25) is 0 Å². The number of alkyl halides is 1. The van der Waals surface area contributed by atoms with E-state index >= 15 is 0 Å². The van der Waals surface area contributed by atoms with Crippen LogP contribution in [0.15, 0.2) is 16.3 Å². The number of piperidine rings is 1. The van der Waals surface area contributed by atoms with E-state index in [1.54, 1.807) is 15.8 Å². The van der Waals surface area contributed by atoms with Crippen molar-refractivity contribution in [3.63, 3.8) is 0 Å². The van der Waals surface area contributed by atoms with Crippen LogP contribution in [0.4, 0.5) is 0 Å². The van der Waals surface area contributed by atoms with Gasteiger partial charge in [-0.1, -0.05) is 0 Å². The van der Waals surface area contributed by atoms with Crippen molar-refractivity contribution >= 4 is 33.0 Å². The van der Waals surface area contributed by atoms with Crippen molar-refractivity contribution in [2.24, 2.45) is 0 Å². The van der Waals surface area contributed by atoms with E-state index in [0.29, 0.717) is 29.9 Å². The van der Waals surface area contributed by atoms with Crippen molar-refractivity contribution in [1.29, 1.82) is 0 Å². The lowest BCUT2D eigenvalue weighted by Crippen LogP contribution is -2.47. The molecule has 2 heterocycles. The highest BCUT2D eigenvalue weighted by molar-refractivity contribution is 7.89. The molecule has 0 saturated carbocycles. The van der Waals surface area contributed by atoms with Crippen molar-refractivity contribution < 1.29 is 8.42 Å². The van der Waals surface area contributed by atoms with Gasteiger partial charge < -0.3 is 4.90 Å². The number of rotatable bonds is 4. The summed E-state index contributed by atoms with van der Waals surface area (Å²) < 4.78 is 26.7. The Balaban J connectivity index is 2.19. The molecule has 1 saturated heterocycles. The number of halogens is 1. The Kier molecular flexibility index (Phi) is 4.89. The second-order valence-corrected chi connectivity index (χ2v) is 8.21. The topological polar surface area (TPSA) is 40.6 Å². The maximum Gasteiger partial charge on any atom is 0.243 e. The van der Waals surface area contributed by atoms with Crippen molar-refractivity contribution in [2.45, 2.75) is 29.7 Å². The molecule has 2 rings (SSSR count). The van der Waals surface area contributed by atoms with Crippen LogP contribution in [-0.4, -0.2) is 50.8 Å². The Labute approximate surface area is 124 Å². The lowest BCUT2D eigenvalue weighted by molar-refractivity contribution is 0.190. The Morgan fingerprint density at radius 2 is 2.26 bits per heavy atom. The molecule has 1 aliphatic heterocycles. The Morgan fingerprint density at radius 3 is 2.84 bits per heavy atom. The molecular formula is C12H19ClN2O2S2. The molecule has 7 heteroatoms. The standard InChI is InChI=1S/C12H19ClN2O2S2/c1-14(2)10-4-3-5-15(8-10)19(16,17)12-6-11(7-13)18-9-12/h6,9-10H,3-5,7-8H2,1-2H3. The SMILES string of the molecule is CN(C)C1CCCN(S(=O)(=O)c2csc(CCl)c2)C1. The lowest BCUT2D eigenvalue weighted by Gasteiger charge is -2.35. The summed E-state index contributed by atoms with van der Waals surface area (Å²) in [6, 6.07) is 1.99. The Morgan fingerprint density at radius 1 is 1.53 bits per heavy atom. The molecule has 0 bridgehead atoms. The van der Waals surface area contributed by atoms with E-state index in [9.17, 15) is 8.42 Å². The minimum absolute atomic E-state index is 0.301. The zero-order chi connectivity index (χ0) is 14.0. The van der Waals surface area contributed by atoms with E-state index < -0.39 is 10.0 Å². The second-order valence-electron chi connectivity index (χ2n) is 5.01. The molecule has 0 radical (unpaired) electrons. The predicted octanol–water partition coefficient (Wildman–Crippen LogP) is 2.20. The third-order valence-corrected chi connectivity index (χ3v) is 6.86. The second kappa shape index (κ2) is 6.10. The highest BCUT2D eigenvalue weighted by Crippen LogP contribution is 2.26. The van der Waals surface area contributed by atoms with Crippen LogP contribution in [0.25, 0.3) is 0 Å². The first-order valence-electron chi connectivity index (χ1n) is 6.25. The number of hydrogen-bond acceptors (Lipinski definition) is 4. The summed E-state index contributed by atoms with van der Waals surface area (Å²) in [4.78, 5) is 3.37. The van der Waals surface area contributed by atoms with Crippen molar-refractivity contribution in [3.8, 4) is 0 Å². The number of hydrogen-bond donors (Lipinski definition) is 0. The summed E-state index contributed by atoms with van der Waals surface area (Å²) >= 11 is 7.14. The maximum atomic E-state index is 12.6. The molecular weight excluding hydrogens is 304 g/mol. The van der Waals surface area contributed by atoms with Crippen LogP contribution in [0.2, 0.25) is 0 Å². The first-order valence-corrected chi connectivity index (χ1v) is 9.10. The van der Waals surface area contributed by atoms with Gasteiger partial charge in [0, 0.05) is 29.4 Å². The van der Waals surface area contributed by atoms with E-state index in [1.165, 1.54) is 11.3 Å². The van der Waals surface area contributed by atoms with E-state index in [4.69, 9.17) is 11.6 Å². The molecule has 1 unspecified atom stereocenters. The number of likely N-dealkylation sites (N-methyl/N-ethyl adjacent to an activating group) is 1. The lowest BCUT2D eigenvalue weighted by atomic mass is 10.1. The van der Waals surface area contributed by atoms with E-state index in [2.05, 4.69) is 4.90 Å². The largest absolute Gasteiger partial charge is 0.305 e. The third-order valence-electron chi connectivity index (χ3n) is 3.49. The fourth-order valence-electron chi connectivity index (χ4n) is 2.28. The number of nitrogens with zero attached hydrogens (tertiary/aromatic N) is 2.